The van der Waals surface area contributed by atoms with Gasteiger partial charge in [-0.1, -0.05) is 168 Å². The Bertz CT molecular complexity index is 7550. The number of hydrogen-bond acceptors (Lipinski definition) is 25. The van der Waals surface area contributed by atoms with Crippen molar-refractivity contribution in [2.45, 2.75) is 125 Å². The van der Waals surface area contributed by atoms with E-state index >= 15 is 0 Å². The fraction of sp³-hybridized carbons (Fsp3) is 0.172. The molecule has 148 heavy (non-hydrogen) atoms. The molecular weight excluding hydrogens is 2070 g/mol. The number of rotatable bonds is 5. The van der Waals surface area contributed by atoms with Gasteiger partial charge in [0.1, 0.15) is 28.8 Å². The summed E-state index contributed by atoms with van der Waals surface area (Å²) in [5.74, 6) is 0.0372. The third-order valence-electron chi connectivity index (χ3n) is 25.6. The molecule has 16 heterocycles. The van der Waals surface area contributed by atoms with E-state index in [0.29, 0.717) is 41.4 Å². The van der Waals surface area contributed by atoms with Crippen LogP contribution in [0.15, 0.2) is 306 Å². The fourth-order valence-corrected chi connectivity index (χ4v) is 18.5. The van der Waals surface area contributed by atoms with Crippen molar-refractivity contribution in [3.8, 4) is 125 Å². The number of aromatic nitrogens is 16. The average molecular weight is 2170 g/mol. The van der Waals surface area contributed by atoms with E-state index in [-0.39, 0.29) is 96.1 Å². The summed E-state index contributed by atoms with van der Waals surface area (Å²) in [6, 6.07) is 54.1. The molecule has 0 fully saturated rings. The zero-order chi connectivity index (χ0) is 104. The topological polar surface area (TPSA) is 404 Å². The summed E-state index contributed by atoms with van der Waals surface area (Å²) < 4.78 is 4.73. The first-order valence-electron chi connectivity index (χ1n) is 46.0. The molecule has 0 aliphatic heterocycles. The minimum absolute atomic E-state index is 0. The summed E-state index contributed by atoms with van der Waals surface area (Å²) in [6.07, 6.45) is 40.9. The standard InChI is InChI=1S/C14H14N2.2C14H13NO.C13H12N2O.C12H9N3.C12H10N2O2.C12H8N2O.C12H10N2.C6H7BNO2.C6H3ClN2.CH3I.2Be.Pd/c1-9-7-15-8-11-12(9)13-10(14(11,2)3)5-4-6-16-13;2*1-14(2)9-5-3-7-11(16)12(9)13-10(14)6-4-8-15-13;1-13(2)8-4-3-5-15-12(8)11-9(13)6-14-7-10(11)16;1-9-8-14-6-4-11(9)12-10(7-13)3-2-5-15-12;1-8-7-13-6-4-9(8)11-10(12(15)16)3-2-5-14-11;1-7-5-13-6-9-10(7)11-8(12(9)15)3-2-4-14-11;1-8-6-13-7-10-5-9-3-2-4-14-12(9)11(8)10;1-5-4-8-3-2-6(5)10-7-9;7-6-5(4-8)2-1-3-9-6;1-2;;;/h4-8H,1-3H3;2*3-8,16H,1-2H3;3-7,16H,1-2H3;2-6,8H,1H3;2-7H,1H3,(H,15,16);2-6H,1H3;2-4,6-7H,5H2,1H3;2-4,9H,1H3;1-3H;1H3;;;/q;;;;;;;;;;;2*+2;/p-2. The summed E-state index contributed by atoms with van der Waals surface area (Å²) in [7, 11) is 0.655. The molecule has 16 aromatic heterocycles. The van der Waals surface area contributed by atoms with Gasteiger partial charge in [-0.2, -0.15) is 10.5 Å². The molecule has 731 valence electrons. The Morgan fingerprint density at radius 1 is 0.365 bits per heavy atom. The number of aromatic carboxylic acids is 1. The van der Waals surface area contributed by atoms with Crippen molar-refractivity contribution in [1.82, 2.24) is 79.7 Å². The van der Waals surface area contributed by atoms with E-state index in [1.165, 1.54) is 50.7 Å². The third kappa shape index (κ3) is 23.6. The minimum Gasteiger partial charge on any atom is -0.872 e. The second-order valence-corrected chi connectivity index (χ2v) is 36.5. The summed E-state index contributed by atoms with van der Waals surface area (Å²) in [5.41, 5.74) is 34.9. The van der Waals surface area contributed by atoms with Crippen LogP contribution in [0.3, 0.4) is 0 Å². The van der Waals surface area contributed by atoms with Crippen LogP contribution in [0, 0.1) is 64.2 Å². The minimum atomic E-state index is -0.973. The number of carboxylic acids is 1. The van der Waals surface area contributed by atoms with Crippen LogP contribution in [0.25, 0.3) is 90.1 Å². The number of carboxylic acid groups (broad SMARTS) is 1. The second kappa shape index (κ2) is 49.9. The Kier molecular flexibility index (Phi) is 37.9. The zero-order valence-electron chi connectivity index (χ0n) is 84.1. The molecule has 0 unspecified atom stereocenters. The van der Waals surface area contributed by atoms with Gasteiger partial charge in [0.05, 0.1) is 74.0 Å². The van der Waals surface area contributed by atoms with E-state index in [1.807, 2.05) is 149 Å². The van der Waals surface area contributed by atoms with Gasteiger partial charge in [0.15, 0.2) is 5.78 Å². The van der Waals surface area contributed by atoms with Crippen molar-refractivity contribution < 1.29 is 60.1 Å². The molecule has 0 amide bonds. The van der Waals surface area contributed by atoms with Crippen molar-refractivity contribution >= 4 is 73.9 Å². The number of alkyl halides is 1. The van der Waals surface area contributed by atoms with E-state index in [4.69, 9.17) is 36.9 Å². The number of aromatic hydroxyl groups is 1. The largest absolute Gasteiger partial charge is 2.00 e. The molecule has 0 atom stereocenters. The molecule has 3 N–H and O–H groups in total. The van der Waals surface area contributed by atoms with Gasteiger partial charge in [0, 0.05) is 229 Å². The van der Waals surface area contributed by atoms with Crippen LogP contribution in [-0.2, 0) is 48.5 Å². The Morgan fingerprint density at radius 2 is 0.743 bits per heavy atom. The second-order valence-electron chi connectivity index (χ2n) is 36.1. The Labute approximate surface area is 900 Å². The summed E-state index contributed by atoms with van der Waals surface area (Å²) in [6.45, 7) is 29.1. The average Bonchev–Trinajstić information content (AvgIpc) is 1.59. The van der Waals surface area contributed by atoms with Gasteiger partial charge in [0.25, 0.3) is 0 Å². The Hall–Kier alpha value is -15.8. The van der Waals surface area contributed by atoms with Gasteiger partial charge < -0.3 is 30.1 Å². The maximum absolute atomic E-state index is 12.0. The molecule has 0 spiro atoms. The van der Waals surface area contributed by atoms with Gasteiger partial charge in [0.2, 0.25) is 0 Å². The monoisotopic (exact) mass is 2170 g/mol. The Balaban J connectivity index is 0.000000156. The summed E-state index contributed by atoms with van der Waals surface area (Å²) >= 11 is 7.64. The summed E-state index contributed by atoms with van der Waals surface area (Å²) in [5, 5.41) is 68.7. The van der Waals surface area contributed by atoms with Crippen molar-refractivity contribution in [2.75, 3.05) is 4.93 Å². The molecule has 18 aromatic rings. The van der Waals surface area contributed by atoms with Gasteiger partial charge >= 0.3 is 33.9 Å². The van der Waals surface area contributed by atoms with Crippen molar-refractivity contribution in [1.29, 1.82) is 10.5 Å². The first kappa shape index (κ1) is 113. The molecule has 6 aliphatic rings. The fourth-order valence-electron chi connectivity index (χ4n) is 18.3. The van der Waals surface area contributed by atoms with Crippen LogP contribution < -0.4 is 14.9 Å². The number of ketones is 1. The van der Waals surface area contributed by atoms with Crippen LogP contribution in [0.2, 0.25) is 5.15 Å². The zero-order valence-corrected chi connectivity index (χ0v) is 88.5. The number of carbonyl (C=O) groups is 2. The van der Waals surface area contributed by atoms with Gasteiger partial charge in [-0.3, -0.25) is 79.6 Å². The SMILES string of the molecule is CC1(C)c2cccnc2-c2c(O)cncc21.CC1(C)c2cccnc2-c2c([O-])cccc21.CC1(C)c2cccnc2-c2c([O-])cccc21.CI.Cc1cncc2c1-c1ncccc1C2.Cc1cncc2c1-c1ncccc1C2(C)C.Cc1cncc2c1-c1ncccc1C2=O.Cc1cnccc1-c1ncccc1C#N.Cc1cnccc1-c1ncccc1C(=O)O.Cc1cnccc1O[B]O.N#Cc1cccnc1Cl.[Be+2].[Be+2].[Pd]. The van der Waals surface area contributed by atoms with E-state index in [1.54, 1.807) is 160 Å². The van der Waals surface area contributed by atoms with Gasteiger partial charge in [-0.25, -0.2) is 9.78 Å². The van der Waals surface area contributed by atoms with Crippen LogP contribution in [0.1, 0.15) is 182 Å². The van der Waals surface area contributed by atoms with E-state index < -0.39 is 5.97 Å². The number of halogens is 2. The predicted octanol–water partition coefficient (Wildman–Crippen LogP) is 21.5. The van der Waals surface area contributed by atoms with Crippen molar-refractivity contribution in [3.63, 3.8) is 0 Å². The number of fused-ring (bicyclic) bond motifs is 18. The number of aryl methyl sites for hydroxylation is 6. The number of carbonyl (C=O) groups excluding carboxylic acids is 1. The molecule has 0 saturated heterocycles. The maximum Gasteiger partial charge on any atom is 2.00 e. The number of nitrogens with zero attached hydrogens (tertiary/aromatic N) is 18. The smallest absolute Gasteiger partial charge is 0.872 e. The normalized spacial score (nSPS) is 12.4. The molecule has 26 nitrogen and oxygen atoms in total. The number of nitriles is 2. The first-order valence-corrected chi connectivity index (χ1v) is 48.5. The predicted molar refractivity (Wildman–Crippen MR) is 578 cm³/mol. The van der Waals surface area contributed by atoms with E-state index in [2.05, 4.69) is 208 Å². The maximum atomic E-state index is 12.0. The molecule has 0 bridgehead atoms. The summed E-state index contributed by atoms with van der Waals surface area (Å²) in [4.78, 5) is 91.8. The molecular formula is C116H100BBe2ClIN18O8Pd+2. The van der Waals surface area contributed by atoms with Crippen LogP contribution in [-0.4, -0.2) is 140 Å². The Morgan fingerprint density at radius 3 is 1.24 bits per heavy atom. The molecule has 6 aliphatic carbocycles. The van der Waals surface area contributed by atoms with Crippen LogP contribution in [0.5, 0.6) is 23.0 Å². The van der Waals surface area contributed by atoms with Crippen LogP contribution in [0.4, 0.5) is 0 Å². The number of pyridine rings is 16. The molecule has 2 aromatic carbocycles. The quantitative estimate of drug-likeness (QED) is 0.0623. The van der Waals surface area contributed by atoms with Crippen molar-refractivity contribution in [3.05, 3.63) is 428 Å². The van der Waals surface area contributed by atoms with E-state index in [9.17, 15) is 24.9 Å². The third-order valence-corrected chi connectivity index (χ3v) is 25.9. The first-order chi connectivity index (χ1) is 69.8. The molecule has 24 rings (SSSR count). The number of hydrogen-bond donors (Lipinski definition) is 3. The van der Waals surface area contributed by atoms with Gasteiger partial charge in [-0.05, 0) is 238 Å². The van der Waals surface area contributed by atoms with Gasteiger partial charge in [-0.15, -0.1) is 0 Å². The molecule has 32 heteroatoms. The van der Waals surface area contributed by atoms with Crippen LogP contribution >= 0.6 is 34.2 Å². The number of benzene rings is 2. The molecule has 1 radical (unpaired) electrons. The molecule has 0 saturated carbocycles. The van der Waals surface area contributed by atoms with Crippen molar-refractivity contribution in [2.24, 2.45) is 0 Å². The van der Waals surface area contributed by atoms with E-state index in [0.717, 1.165) is 135 Å².